The van der Waals surface area contributed by atoms with Crippen LogP contribution in [0.4, 0.5) is 5.13 Å². The third-order valence-electron chi connectivity index (χ3n) is 2.94. The van der Waals surface area contributed by atoms with Crippen LogP contribution in [0, 0.1) is 6.92 Å². The fourth-order valence-electron chi connectivity index (χ4n) is 1.91. The molecular weight excluding hydrogens is 316 g/mol. The molecule has 0 aliphatic heterocycles. The van der Waals surface area contributed by atoms with Gasteiger partial charge in [0.1, 0.15) is 5.75 Å². The standard InChI is InChI=1S/C16H18N2O4S/c1-11-4-2-5-13(8-11)22-7-3-6-14(19)18-16-17-12(10-23-16)9-15(20)21/h2,4-5,8,10H,3,6-7,9H2,1H3,(H,20,21)(H,17,18,19). The first-order chi connectivity index (χ1) is 11.0. The van der Waals surface area contributed by atoms with Gasteiger partial charge in [0.2, 0.25) is 5.91 Å². The van der Waals surface area contributed by atoms with Gasteiger partial charge in [-0.2, -0.15) is 0 Å². The molecule has 1 aromatic carbocycles. The number of carbonyl (C=O) groups excluding carboxylic acids is 1. The molecule has 122 valence electrons. The first kappa shape index (κ1) is 17.0. The summed E-state index contributed by atoms with van der Waals surface area (Å²) in [6.07, 6.45) is 0.767. The van der Waals surface area contributed by atoms with Crippen molar-refractivity contribution in [3.8, 4) is 5.75 Å². The molecule has 23 heavy (non-hydrogen) atoms. The quantitative estimate of drug-likeness (QED) is 0.725. The van der Waals surface area contributed by atoms with E-state index in [1.807, 2.05) is 31.2 Å². The normalized spacial score (nSPS) is 10.3. The Kier molecular flexibility index (Phi) is 6.10. The number of nitrogens with zero attached hydrogens (tertiary/aromatic N) is 1. The van der Waals surface area contributed by atoms with Crippen molar-refractivity contribution in [3.05, 3.63) is 40.9 Å². The van der Waals surface area contributed by atoms with Crippen LogP contribution in [-0.2, 0) is 16.0 Å². The molecule has 0 unspecified atom stereocenters. The lowest BCUT2D eigenvalue weighted by molar-refractivity contribution is -0.136. The predicted molar refractivity (Wildman–Crippen MR) is 88.0 cm³/mol. The highest BCUT2D eigenvalue weighted by Crippen LogP contribution is 2.16. The van der Waals surface area contributed by atoms with E-state index in [-0.39, 0.29) is 12.3 Å². The number of amides is 1. The SMILES string of the molecule is Cc1cccc(OCCCC(=O)Nc2nc(CC(=O)O)cs2)c1. The number of hydrogen-bond donors (Lipinski definition) is 2. The second-order valence-corrected chi connectivity index (χ2v) is 5.89. The number of benzene rings is 1. The smallest absolute Gasteiger partial charge is 0.309 e. The summed E-state index contributed by atoms with van der Waals surface area (Å²) >= 11 is 1.22. The lowest BCUT2D eigenvalue weighted by Crippen LogP contribution is -2.13. The third kappa shape index (κ3) is 6.07. The molecule has 6 nitrogen and oxygen atoms in total. The summed E-state index contributed by atoms with van der Waals surface area (Å²) in [6, 6.07) is 7.74. The van der Waals surface area contributed by atoms with Crippen LogP contribution in [0.3, 0.4) is 0 Å². The van der Waals surface area contributed by atoms with E-state index in [9.17, 15) is 9.59 Å². The minimum Gasteiger partial charge on any atom is -0.494 e. The molecule has 2 N–H and O–H groups in total. The average molecular weight is 334 g/mol. The monoisotopic (exact) mass is 334 g/mol. The molecule has 0 radical (unpaired) electrons. The Labute approximate surface area is 138 Å². The molecule has 1 amide bonds. The summed E-state index contributed by atoms with van der Waals surface area (Å²) in [6.45, 7) is 2.45. The molecule has 1 aromatic heterocycles. The van der Waals surface area contributed by atoms with Gasteiger partial charge in [0.25, 0.3) is 0 Å². The molecule has 0 saturated heterocycles. The van der Waals surface area contributed by atoms with E-state index in [4.69, 9.17) is 9.84 Å². The van der Waals surface area contributed by atoms with Crippen molar-refractivity contribution in [2.45, 2.75) is 26.2 Å². The maximum atomic E-state index is 11.8. The largest absolute Gasteiger partial charge is 0.494 e. The van der Waals surface area contributed by atoms with E-state index < -0.39 is 5.97 Å². The zero-order valence-corrected chi connectivity index (χ0v) is 13.6. The van der Waals surface area contributed by atoms with E-state index in [0.717, 1.165) is 11.3 Å². The topological polar surface area (TPSA) is 88.5 Å². The number of aliphatic carboxylic acids is 1. The molecule has 0 aliphatic carbocycles. The second-order valence-electron chi connectivity index (χ2n) is 5.03. The van der Waals surface area contributed by atoms with Crippen LogP contribution >= 0.6 is 11.3 Å². The molecule has 2 rings (SSSR count). The molecule has 0 spiro atoms. The number of hydrogen-bond acceptors (Lipinski definition) is 5. The van der Waals surface area contributed by atoms with Gasteiger partial charge in [-0.05, 0) is 31.0 Å². The molecule has 2 aromatic rings. The van der Waals surface area contributed by atoms with E-state index in [2.05, 4.69) is 10.3 Å². The van der Waals surface area contributed by atoms with Crippen LogP contribution in [-0.4, -0.2) is 28.6 Å². The minimum absolute atomic E-state index is 0.142. The maximum absolute atomic E-state index is 11.8. The van der Waals surface area contributed by atoms with Crippen LogP contribution in [0.15, 0.2) is 29.6 Å². The lowest BCUT2D eigenvalue weighted by Gasteiger charge is -2.06. The number of thiazole rings is 1. The van der Waals surface area contributed by atoms with Crippen LogP contribution in [0.1, 0.15) is 24.1 Å². The van der Waals surface area contributed by atoms with Gasteiger partial charge in [-0.25, -0.2) is 4.98 Å². The van der Waals surface area contributed by atoms with E-state index in [0.29, 0.717) is 30.3 Å². The van der Waals surface area contributed by atoms with Gasteiger partial charge in [-0.15, -0.1) is 11.3 Å². The minimum atomic E-state index is -0.943. The van der Waals surface area contributed by atoms with E-state index in [1.165, 1.54) is 11.3 Å². The number of ether oxygens (including phenoxy) is 1. The molecule has 0 aliphatic rings. The Hall–Kier alpha value is -2.41. The fourth-order valence-corrected chi connectivity index (χ4v) is 2.64. The Morgan fingerprint density at radius 2 is 2.22 bits per heavy atom. The summed E-state index contributed by atoms with van der Waals surface area (Å²) in [7, 11) is 0. The summed E-state index contributed by atoms with van der Waals surface area (Å²) in [5.41, 5.74) is 1.57. The molecule has 0 bridgehead atoms. The van der Waals surface area contributed by atoms with E-state index in [1.54, 1.807) is 5.38 Å². The summed E-state index contributed by atoms with van der Waals surface area (Å²) in [4.78, 5) is 26.4. The number of carboxylic acids is 1. The Morgan fingerprint density at radius 3 is 2.96 bits per heavy atom. The highest BCUT2D eigenvalue weighted by molar-refractivity contribution is 7.13. The van der Waals surface area contributed by atoms with Crippen LogP contribution in [0.5, 0.6) is 5.75 Å². The first-order valence-electron chi connectivity index (χ1n) is 7.18. The van der Waals surface area contributed by atoms with Crippen molar-refractivity contribution in [2.75, 3.05) is 11.9 Å². The molecule has 7 heteroatoms. The third-order valence-corrected chi connectivity index (χ3v) is 3.74. The van der Waals surface area contributed by atoms with Crippen molar-refractivity contribution in [1.29, 1.82) is 0 Å². The predicted octanol–water partition coefficient (Wildman–Crippen LogP) is 2.88. The highest BCUT2D eigenvalue weighted by Gasteiger charge is 2.09. The molecule has 0 saturated carbocycles. The van der Waals surface area contributed by atoms with Gasteiger partial charge in [0.05, 0.1) is 18.7 Å². The summed E-state index contributed by atoms with van der Waals surface area (Å²) in [5.74, 6) is -0.306. The number of aryl methyl sites for hydroxylation is 1. The zero-order chi connectivity index (χ0) is 16.7. The summed E-state index contributed by atoms with van der Waals surface area (Å²) in [5, 5.41) is 13.4. The van der Waals surface area contributed by atoms with Gasteiger partial charge < -0.3 is 15.2 Å². The second kappa shape index (κ2) is 8.28. The van der Waals surface area contributed by atoms with Gasteiger partial charge in [-0.3, -0.25) is 9.59 Å². The number of rotatable bonds is 8. The number of carbonyl (C=O) groups is 2. The van der Waals surface area contributed by atoms with Crippen molar-refractivity contribution in [3.63, 3.8) is 0 Å². The Balaban J connectivity index is 1.69. The maximum Gasteiger partial charge on any atom is 0.309 e. The van der Waals surface area contributed by atoms with Crippen molar-refractivity contribution < 1.29 is 19.4 Å². The molecule has 0 atom stereocenters. The molecule has 0 fully saturated rings. The molecular formula is C16H18N2O4S. The Morgan fingerprint density at radius 1 is 1.39 bits per heavy atom. The molecule has 1 heterocycles. The van der Waals surface area contributed by atoms with Crippen molar-refractivity contribution >= 4 is 28.3 Å². The number of carboxylic acid groups (broad SMARTS) is 1. The Bertz CT molecular complexity index is 684. The van der Waals surface area contributed by atoms with Crippen molar-refractivity contribution in [1.82, 2.24) is 4.98 Å². The zero-order valence-electron chi connectivity index (χ0n) is 12.7. The number of aromatic nitrogens is 1. The van der Waals surface area contributed by atoms with Crippen LogP contribution in [0.2, 0.25) is 0 Å². The van der Waals surface area contributed by atoms with E-state index >= 15 is 0 Å². The average Bonchev–Trinajstić information content (AvgIpc) is 2.90. The number of nitrogens with one attached hydrogen (secondary N) is 1. The van der Waals surface area contributed by atoms with Gasteiger partial charge >= 0.3 is 5.97 Å². The highest BCUT2D eigenvalue weighted by atomic mass is 32.1. The van der Waals surface area contributed by atoms with Gasteiger partial charge in [0, 0.05) is 11.8 Å². The lowest BCUT2D eigenvalue weighted by atomic mass is 10.2. The first-order valence-corrected chi connectivity index (χ1v) is 8.06. The van der Waals surface area contributed by atoms with Crippen molar-refractivity contribution in [2.24, 2.45) is 0 Å². The van der Waals surface area contributed by atoms with Gasteiger partial charge in [-0.1, -0.05) is 12.1 Å². The number of anilines is 1. The van der Waals surface area contributed by atoms with Crippen LogP contribution < -0.4 is 10.1 Å². The van der Waals surface area contributed by atoms with Gasteiger partial charge in [0.15, 0.2) is 5.13 Å². The van der Waals surface area contributed by atoms with Crippen LogP contribution in [0.25, 0.3) is 0 Å². The fraction of sp³-hybridized carbons (Fsp3) is 0.312. The summed E-state index contributed by atoms with van der Waals surface area (Å²) < 4.78 is 5.58.